The van der Waals surface area contributed by atoms with Crippen LogP contribution < -0.4 is 9.80 Å². The third-order valence-electron chi connectivity index (χ3n) is 15.9. The molecular formula is C64H73N3O. The molecule has 1 heterocycles. The SMILES string of the molecule is Cc1cc(C(C)(C)C)ccc1N(c1cc(C#N)cc(N(c2cc3c(cc2-c2ccccc2)C(C)(C)CCC3(C)C)c2cccc3c2C(C)(C)CCC3(C)C)c1)c1coc2ccc(C(C)(C)C)cc12. The first-order valence-corrected chi connectivity index (χ1v) is 25.0. The lowest BCUT2D eigenvalue weighted by molar-refractivity contribution is 0.331. The van der Waals surface area contributed by atoms with Crippen molar-refractivity contribution in [2.75, 3.05) is 9.80 Å². The molecule has 0 saturated heterocycles. The summed E-state index contributed by atoms with van der Waals surface area (Å²) >= 11 is 0. The summed E-state index contributed by atoms with van der Waals surface area (Å²) in [6.45, 7) is 35.2. The zero-order valence-electron chi connectivity index (χ0n) is 43.6. The third kappa shape index (κ3) is 8.25. The number of hydrogen-bond donors (Lipinski definition) is 0. The summed E-state index contributed by atoms with van der Waals surface area (Å²) in [7, 11) is 0. The Labute approximate surface area is 408 Å². The number of anilines is 6. The van der Waals surface area contributed by atoms with Crippen molar-refractivity contribution in [3.63, 3.8) is 0 Å². The fourth-order valence-corrected chi connectivity index (χ4v) is 11.3. The first-order chi connectivity index (χ1) is 31.8. The second-order valence-corrected chi connectivity index (χ2v) is 24.9. The molecule has 7 aromatic rings. The smallest absolute Gasteiger partial charge is 0.136 e. The van der Waals surface area contributed by atoms with E-state index in [4.69, 9.17) is 4.42 Å². The first kappa shape index (κ1) is 47.0. The normalized spacial score (nSPS) is 17.0. The van der Waals surface area contributed by atoms with Gasteiger partial charge in [0.05, 0.1) is 28.7 Å². The number of nitrogens with zero attached hydrogens (tertiary/aromatic N) is 3. The fourth-order valence-electron chi connectivity index (χ4n) is 11.3. The van der Waals surface area contributed by atoms with Gasteiger partial charge in [-0.05, 0) is 164 Å². The van der Waals surface area contributed by atoms with Crippen molar-refractivity contribution in [1.29, 1.82) is 5.26 Å². The summed E-state index contributed by atoms with van der Waals surface area (Å²) in [5.41, 5.74) is 18.8. The Morgan fingerprint density at radius 2 is 1.07 bits per heavy atom. The average Bonchev–Trinajstić information content (AvgIpc) is 3.70. The van der Waals surface area contributed by atoms with Gasteiger partial charge in [-0.15, -0.1) is 0 Å². The van der Waals surface area contributed by atoms with Crippen molar-refractivity contribution in [3.05, 3.63) is 166 Å². The van der Waals surface area contributed by atoms with Crippen LogP contribution in [0.25, 0.3) is 22.1 Å². The number of rotatable bonds is 7. The molecule has 0 amide bonds. The molecule has 0 bridgehead atoms. The van der Waals surface area contributed by atoms with E-state index in [1.165, 1.54) is 44.5 Å². The van der Waals surface area contributed by atoms with Crippen LogP contribution in [0.1, 0.15) is 167 Å². The molecule has 0 radical (unpaired) electrons. The van der Waals surface area contributed by atoms with Gasteiger partial charge in [0, 0.05) is 28.0 Å². The van der Waals surface area contributed by atoms with Gasteiger partial charge in [0.25, 0.3) is 0 Å². The van der Waals surface area contributed by atoms with Crippen LogP contribution in [0.2, 0.25) is 0 Å². The van der Waals surface area contributed by atoms with Crippen LogP contribution in [-0.2, 0) is 32.5 Å². The van der Waals surface area contributed by atoms with Crippen molar-refractivity contribution < 1.29 is 4.42 Å². The van der Waals surface area contributed by atoms with E-state index >= 15 is 0 Å². The monoisotopic (exact) mass is 900 g/mol. The Balaban J connectivity index is 1.41. The minimum absolute atomic E-state index is 0.00465. The van der Waals surface area contributed by atoms with Gasteiger partial charge < -0.3 is 14.2 Å². The lowest BCUT2D eigenvalue weighted by Crippen LogP contribution is -2.36. The highest BCUT2D eigenvalue weighted by molar-refractivity contribution is 5.99. The number of benzene rings is 6. The zero-order valence-corrected chi connectivity index (χ0v) is 43.6. The number of fused-ring (bicyclic) bond motifs is 3. The van der Waals surface area contributed by atoms with E-state index in [-0.39, 0.29) is 32.5 Å². The van der Waals surface area contributed by atoms with Gasteiger partial charge >= 0.3 is 0 Å². The molecule has 0 aliphatic heterocycles. The molecule has 68 heavy (non-hydrogen) atoms. The van der Waals surface area contributed by atoms with Gasteiger partial charge in [0.2, 0.25) is 0 Å². The van der Waals surface area contributed by atoms with Gasteiger partial charge in [0.1, 0.15) is 11.8 Å². The Morgan fingerprint density at radius 3 is 1.68 bits per heavy atom. The van der Waals surface area contributed by atoms with E-state index in [1.807, 2.05) is 6.26 Å². The summed E-state index contributed by atoms with van der Waals surface area (Å²) < 4.78 is 6.47. The van der Waals surface area contributed by atoms with Gasteiger partial charge in [-0.25, -0.2) is 0 Å². The second kappa shape index (κ2) is 16.3. The Bertz CT molecular complexity index is 3120. The van der Waals surface area contributed by atoms with Crippen molar-refractivity contribution in [2.45, 2.75) is 162 Å². The maximum absolute atomic E-state index is 11.2. The predicted molar refractivity (Wildman–Crippen MR) is 288 cm³/mol. The minimum Gasteiger partial charge on any atom is -0.462 e. The van der Waals surface area contributed by atoms with Crippen molar-refractivity contribution in [2.24, 2.45) is 0 Å². The summed E-state index contributed by atoms with van der Waals surface area (Å²) in [4.78, 5) is 4.87. The van der Waals surface area contributed by atoms with Gasteiger partial charge in [-0.3, -0.25) is 0 Å². The molecule has 0 N–H and O–H groups in total. The molecule has 0 atom stereocenters. The molecule has 6 aromatic carbocycles. The van der Waals surface area contributed by atoms with E-state index in [9.17, 15) is 5.26 Å². The maximum Gasteiger partial charge on any atom is 0.136 e. The van der Waals surface area contributed by atoms with Crippen molar-refractivity contribution in [3.8, 4) is 17.2 Å². The molecule has 0 fully saturated rings. The maximum atomic E-state index is 11.2. The van der Waals surface area contributed by atoms with Crippen LogP contribution in [-0.4, -0.2) is 0 Å². The van der Waals surface area contributed by atoms with Crippen molar-refractivity contribution in [1.82, 2.24) is 0 Å². The van der Waals surface area contributed by atoms with Crippen LogP contribution in [0.15, 0.2) is 126 Å². The van der Waals surface area contributed by atoms with Gasteiger partial charge in [-0.1, -0.05) is 158 Å². The molecular weight excluding hydrogens is 827 g/mol. The van der Waals surface area contributed by atoms with E-state index in [0.29, 0.717) is 5.56 Å². The number of aryl methyl sites for hydroxylation is 1. The van der Waals surface area contributed by atoms with Crippen molar-refractivity contribution >= 4 is 45.1 Å². The van der Waals surface area contributed by atoms with Crippen LogP contribution >= 0.6 is 0 Å². The lowest BCUT2D eigenvalue weighted by atomic mass is 9.62. The van der Waals surface area contributed by atoms with E-state index in [0.717, 1.165) is 76.3 Å². The Morgan fingerprint density at radius 1 is 0.515 bits per heavy atom. The third-order valence-corrected chi connectivity index (χ3v) is 15.9. The van der Waals surface area contributed by atoms with E-state index in [2.05, 4.69) is 235 Å². The number of nitriles is 1. The molecule has 4 heteroatoms. The highest BCUT2D eigenvalue weighted by Gasteiger charge is 2.42. The van der Waals surface area contributed by atoms with Crippen LogP contribution in [0.3, 0.4) is 0 Å². The minimum atomic E-state index is -0.115. The predicted octanol–water partition coefficient (Wildman–Crippen LogP) is 18.5. The molecule has 0 saturated carbocycles. The van der Waals surface area contributed by atoms with Crippen LogP contribution in [0, 0.1) is 18.3 Å². The largest absolute Gasteiger partial charge is 0.462 e. The molecule has 2 aliphatic rings. The highest BCUT2D eigenvalue weighted by atomic mass is 16.3. The summed E-state index contributed by atoms with van der Waals surface area (Å²) in [6.07, 6.45) is 6.31. The van der Waals surface area contributed by atoms with E-state index < -0.39 is 0 Å². The molecule has 4 nitrogen and oxygen atoms in total. The quantitative estimate of drug-likeness (QED) is 0.160. The first-order valence-electron chi connectivity index (χ1n) is 25.0. The second-order valence-electron chi connectivity index (χ2n) is 24.9. The molecule has 0 spiro atoms. The van der Waals surface area contributed by atoms with Gasteiger partial charge in [0.15, 0.2) is 0 Å². The summed E-state index contributed by atoms with van der Waals surface area (Å²) in [5.74, 6) is 0. The average molecular weight is 900 g/mol. The summed E-state index contributed by atoms with van der Waals surface area (Å²) in [6, 6.07) is 45.6. The molecule has 0 unspecified atom stereocenters. The molecule has 1 aromatic heterocycles. The fraction of sp³-hybridized carbons (Fsp3) is 0.391. The lowest BCUT2D eigenvalue weighted by Gasteiger charge is -2.46. The molecule has 2 aliphatic carbocycles. The number of furan rings is 1. The van der Waals surface area contributed by atoms with Gasteiger partial charge in [-0.2, -0.15) is 5.26 Å². The highest BCUT2D eigenvalue weighted by Crippen LogP contribution is 2.56. The topological polar surface area (TPSA) is 43.4 Å². The number of hydrogen-bond acceptors (Lipinski definition) is 4. The van der Waals surface area contributed by atoms with Crippen LogP contribution in [0.5, 0.6) is 0 Å². The summed E-state index contributed by atoms with van der Waals surface area (Å²) in [5, 5.41) is 12.3. The molecule has 350 valence electrons. The van der Waals surface area contributed by atoms with Crippen LogP contribution in [0.4, 0.5) is 34.1 Å². The zero-order chi connectivity index (χ0) is 48.9. The Kier molecular flexibility index (Phi) is 11.3. The standard InChI is InChI=1S/C64H73N3O/c1-41-32-44(59(2,3)4)24-26-53(41)66(56-40-68-57-27-25-45(35-49(56)57)60(5,6)7)46-33-42(39-65)34-47(36-46)67(54-23-19-22-50-58(54)64(14,15)31-30-61(50,8)9)55-38-52-51(62(10,11)28-29-63(52,12)13)37-48(55)43-20-17-16-18-21-43/h16-27,32-38,40H,28-31H2,1-15H3. The molecule has 9 rings (SSSR count). The Hall–Kier alpha value is -6.05. The van der Waals surface area contributed by atoms with E-state index in [1.54, 1.807) is 0 Å².